The molecule has 0 spiro atoms. The zero-order valence-corrected chi connectivity index (χ0v) is 59.9. The van der Waals surface area contributed by atoms with Gasteiger partial charge < -0.3 is 33.8 Å². The number of ether oxygens (including phenoxy) is 4. The summed E-state index contributed by atoms with van der Waals surface area (Å²) in [6.45, 7) is 4.92. The van der Waals surface area contributed by atoms with E-state index in [1.807, 2.05) is 0 Å². The third kappa shape index (κ3) is 64.8. The van der Waals surface area contributed by atoms with Gasteiger partial charge in [-0.15, -0.1) is 0 Å². The summed E-state index contributed by atoms with van der Waals surface area (Å²) in [5.41, 5.74) is 0. The van der Waals surface area contributed by atoms with E-state index in [1.165, 1.54) is 193 Å². The monoisotopic (exact) mass is 1320 g/mol. The van der Waals surface area contributed by atoms with Crippen LogP contribution in [-0.2, 0) is 65.4 Å². The highest BCUT2D eigenvalue weighted by molar-refractivity contribution is 7.47. The molecule has 0 aromatic carbocycles. The largest absolute Gasteiger partial charge is 0.472 e. The Balaban J connectivity index is 5.19. The molecule has 3 N–H and O–H groups in total. The summed E-state index contributed by atoms with van der Waals surface area (Å²) in [7, 11) is -9.89. The Labute approximate surface area is 549 Å². The predicted molar refractivity (Wildman–Crippen MR) is 363 cm³/mol. The van der Waals surface area contributed by atoms with Crippen LogP contribution in [0, 0.1) is 0 Å². The first-order valence-electron chi connectivity index (χ1n) is 37.3. The molecular formula is C71H138O17P2. The quantitative estimate of drug-likeness (QED) is 0.0222. The van der Waals surface area contributed by atoms with Crippen molar-refractivity contribution in [1.82, 2.24) is 0 Å². The number of rotatable bonds is 72. The van der Waals surface area contributed by atoms with Gasteiger partial charge in [0.2, 0.25) is 0 Å². The number of hydrogen-bond donors (Lipinski definition) is 3. The van der Waals surface area contributed by atoms with Gasteiger partial charge in [0.15, 0.2) is 12.2 Å². The molecule has 0 saturated carbocycles. The standard InChI is InChI=1S/C71H138O17P2/c1-5-9-13-17-21-24-27-29-31-33-35-38-40-44-48-52-56-69(74)82-62-67(88-71(76)58-54-50-46-42-39-36-34-32-30-28-25-22-18-14-10-6-2)64-86-90(79,80)84-60-65(72)59-83-89(77,78)85-63-66(61-81-68(73)55-51-47-43-20-16-12-8-4)87-70(75)57-53-49-45-41-37-26-23-19-15-11-7-3/h65-67,72H,5-64H2,1-4H3,(H,77,78)(H,79,80)/t65-,66+,67+/m0/s1. The Morgan fingerprint density at radius 1 is 0.267 bits per heavy atom. The molecule has 0 saturated heterocycles. The third-order valence-corrected chi connectivity index (χ3v) is 18.5. The second kappa shape index (κ2) is 65.7. The molecule has 0 aliphatic rings. The van der Waals surface area contributed by atoms with Gasteiger partial charge in [-0.25, -0.2) is 9.13 Å². The van der Waals surface area contributed by atoms with Gasteiger partial charge >= 0.3 is 39.5 Å². The first-order chi connectivity index (χ1) is 43.7. The number of phosphoric ester groups is 2. The molecule has 0 bridgehead atoms. The zero-order valence-electron chi connectivity index (χ0n) is 58.1. The Hall–Kier alpha value is -1.94. The van der Waals surface area contributed by atoms with Gasteiger partial charge in [0.1, 0.15) is 19.3 Å². The molecule has 2 unspecified atom stereocenters. The van der Waals surface area contributed by atoms with Gasteiger partial charge in [0, 0.05) is 25.7 Å². The van der Waals surface area contributed by atoms with E-state index >= 15 is 0 Å². The van der Waals surface area contributed by atoms with Crippen LogP contribution in [0.1, 0.15) is 374 Å². The molecule has 19 heteroatoms. The van der Waals surface area contributed by atoms with Crippen molar-refractivity contribution in [2.45, 2.75) is 393 Å². The Bertz CT molecular complexity index is 1720. The molecule has 0 fully saturated rings. The van der Waals surface area contributed by atoms with Crippen LogP contribution < -0.4 is 0 Å². The highest BCUT2D eigenvalue weighted by atomic mass is 31.2. The minimum atomic E-state index is -4.95. The maximum absolute atomic E-state index is 13.0. The molecule has 17 nitrogen and oxygen atoms in total. The normalized spacial score (nSPS) is 14.0. The van der Waals surface area contributed by atoms with E-state index < -0.39 is 97.5 Å². The van der Waals surface area contributed by atoms with Crippen molar-refractivity contribution in [3.63, 3.8) is 0 Å². The van der Waals surface area contributed by atoms with Crippen molar-refractivity contribution in [2.75, 3.05) is 39.6 Å². The molecule has 90 heavy (non-hydrogen) atoms. The van der Waals surface area contributed by atoms with E-state index in [0.29, 0.717) is 25.7 Å². The van der Waals surface area contributed by atoms with E-state index in [0.717, 1.165) is 103 Å². The van der Waals surface area contributed by atoms with Gasteiger partial charge in [-0.05, 0) is 25.7 Å². The molecule has 0 rings (SSSR count). The fourth-order valence-corrected chi connectivity index (χ4v) is 12.4. The average Bonchev–Trinajstić information content (AvgIpc) is 3.73. The minimum absolute atomic E-state index is 0.107. The molecule has 0 aromatic rings. The number of aliphatic hydroxyl groups excluding tert-OH is 1. The van der Waals surface area contributed by atoms with E-state index in [1.54, 1.807) is 0 Å². The second-order valence-electron chi connectivity index (χ2n) is 25.6. The summed E-state index contributed by atoms with van der Waals surface area (Å²) in [6, 6.07) is 0. The predicted octanol–water partition coefficient (Wildman–Crippen LogP) is 20.7. The van der Waals surface area contributed by atoms with Crippen LogP contribution in [0.25, 0.3) is 0 Å². The maximum atomic E-state index is 13.0. The Kier molecular flexibility index (Phi) is 64.3. The van der Waals surface area contributed by atoms with Crippen LogP contribution in [-0.4, -0.2) is 96.7 Å². The molecule has 0 aliphatic carbocycles. The maximum Gasteiger partial charge on any atom is 0.472 e. The third-order valence-electron chi connectivity index (χ3n) is 16.6. The fraction of sp³-hybridized carbons (Fsp3) is 0.944. The summed E-state index contributed by atoms with van der Waals surface area (Å²) < 4.78 is 68.2. The molecule has 0 aromatic heterocycles. The molecular weight excluding hydrogens is 1190 g/mol. The number of unbranched alkanes of at least 4 members (excludes halogenated alkanes) is 46. The van der Waals surface area contributed by atoms with E-state index in [9.17, 15) is 43.2 Å². The van der Waals surface area contributed by atoms with Crippen LogP contribution in [0.2, 0.25) is 0 Å². The molecule has 0 amide bonds. The van der Waals surface area contributed by atoms with E-state index in [4.69, 9.17) is 37.0 Å². The Morgan fingerprint density at radius 3 is 0.656 bits per heavy atom. The number of phosphoric acid groups is 2. The van der Waals surface area contributed by atoms with Crippen molar-refractivity contribution in [2.24, 2.45) is 0 Å². The lowest BCUT2D eigenvalue weighted by Crippen LogP contribution is -2.30. The number of carbonyl (C=O) groups is 4. The highest BCUT2D eigenvalue weighted by Gasteiger charge is 2.30. The first-order valence-corrected chi connectivity index (χ1v) is 40.3. The SMILES string of the molecule is CCCCCCCCCCCCCCCCCCC(=O)OC[C@H](COP(=O)(O)OC[C@@H](O)COP(=O)(O)OC[C@@H](COC(=O)CCCCCCCCC)OC(=O)CCCCCCCCCCCCC)OC(=O)CCCCCCCCCCCCCCCCCC. The van der Waals surface area contributed by atoms with Gasteiger partial charge in [-0.2, -0.15) is 0 Å². The second-order valence-corrected chi connectivity index (χ2v) is 28.5. The smallest absolute Gasteiger partial charge is 0.462 e. The minimum Gasteiger partial charge on any atom is -0.462 e. The highest BCUT2D eigenvalue weighted by Crippen LogP contribution is 2.45. The van der Waals surface area contributed by atoms with Crippen molar-refractivity contribution in [1.29, 1.82) is 0 Å². The van der Waals surface area contributed by atoms with Crippen LogP contribution in [0.5, 0.6) is 0 Å². The summed E-state index contributed by atoms with van der Waals surface area (Å²) in [4.78, 5) is 72.4. The molecule has 0 radical (unpaired) electrons. The van der Waals surface area contributed by atoms with Crippen molar-refractivity contribution < 1.29 is 80.2 Å². The zero-order chi connectivity index (χ0) is 66.1. The number of esters is 4. The van der Waals surface area contributed by atoms with Gasteiger partial charge in [0.25, 0.3) is 0 Å². The van der Waals surface area contributed by atoms with Gasteiger partial charge in [-0.3, -0.25) is 37.3 Å². The lowest BCUT2D eigenvalue weighted by atomic mass is 10.0. The van der Waals surface area contributed by atoms with Crippen molar-refractivity contribution >= 4 is 39.5 Å². The van der Waals surface area contributed by atoms with Crippen LogP contribution in [0.4, 0.5) is 0 Å². The summed E-state index contributed by atoms with van der Waals surface area (Å²) in [5, 5.41) is 10.6. The van der Waals surface area contributed by atoms with Crippen molar-refractivity contribution in [3.05, 3.63) is 0 Å². The molecule has 0 heterocycles. The number of carbonyl (C=O) groups excluding carboxylic acids is 4. The number of aliphatic hydroxyl groups is 1. The van der Waals surface area contributed by atoms with Crippen molar-refractivity contribution in [3.8, 4) is 0 Å². The number of hydrogen-bond acceptors (Lipinski definition) is 15. The van der Waals surface area contributed by atoms with Crippen LogP contribution >= 0.6 is 15.6 Å². The molecule has 534 valence electrons. The summed E-state index contributed by atoms with van der Waals surface area (Å²) in [5.74, 6) is -2.12. The average molecular weight is 1330 g/mol. The molecule has 0 aliphatic heterocycles. The Morgan fingerprint density at radius 2 is 0.444 bits per heavy atom. The topological polar surface area (TPSA) is 237 Å². The summed E-state index contributed by atoms with van der Waals surface area (Å²) in [6.07, 6.45) is 54.1. The van der Waals surface area contributed by atoms with Gasteiger partial charge in [0.05, 0.1) is 26.4 Å². The van der Waals surface area contributed by atoms with Gasteiger partial charge in [-0.1, -0.05) is 323 Å². The first kappa shape index (κ1) is 88.1. The lowest BCUT2D eigenvalue weighted by Gasteiger charge is -2.21. The fourth-order valence-electron chi connectivity index (χ4n) is 10.9. The van der Waals surface area contributed by atoms with Crippen LogP contribution in [0.3, 0.4) is 0 Å². The summed E-state index contributed by atoms with van der Waals surface area (Å²) >= 11 is 0. The molecule has 5 atom stereocenters. The van der Waals surface area contributed by atoms with E-state index in [-0.39, 0.29) is 25.7 Å². The van der Waals surface area contributed by atoms with Crippen LogP contribution in [0.15, 0.2) is 0 Å². The van der Waals surface area contributed by atoms with E-state index in [2.05, 4.69) is 27.7 Å². The lowest BCUT2D eigenvalue weighted by molar-refractivity contribution is -0.161.